The second-order valence-electron chi connectivity index (χ2n) is 3.56. The lowest BCUT2D eigenvalue weighted by molar-refractivity contribution is 0.216. The van der Waals surface area contributed by atoms with Crippen molar-refractivity contribution >= 4 is 38.9 Å². The van der Waals surface area contributed by atoms with E-state index in [1.807, 2.05) is 6.07 Å². The molecule has 2 aromatic rings. The Morgan fingerprint density at radius 2 is 2.17 bits per heavy atom. The van der Waals surface area contributed by atoms with Gasteiger partial charge in [-0.15, -0.1) is 11.3 Å². The zero-order valence-corrected chi connectivity index (χ0v) is 12.4. The summed E-state index contributed by atoms with van der Waals surface area (Å²) in [4.78, 5) is 0.943. The van der Waals surface area contributed by atoms with Gasteiger partial charge in [0.15, 0.2) is 0 Å². The lowest BCUT2D eigenvalue weighted by Gasteiger charge is -2.17. The van der Waals surface area contributed by atoms with Gasteiger partial charge < -0.3 is 10.5 Å². The van der Waals surface area contributed by atoms with Crippen molar-refractivity contribution in [2.45, 2.75) is 6.10 Å². The molecule has 2 rings (SSSR count). The molecule has 0 radical (unpaired) electrons. The third-order valence-corrected chi connectivity index (χ3v) is 4.23. The van der Waals surface area contributed by atoms with Gasteiger partial charge in [0.25, 0.3) is 0 Å². The van der Waals surface area contributed by atoms with E-state index >= 15 is 0 Å². The Balaban J connectivity index is 2.20. The molecular weight excluding hydrogens is 341 g/mol. The van der Waals surface area contributed by atoms with E-state index in [-0.39, 0.29) is 11.9 Å². The molecule has 18 heavy (non-hydrogen) atoms. The predicted molar refractivity (Wildman–Crippen MR) is 75.9 cm³/mol. The molecule has 1 aromatic carbocycles. The quantitative estimate of drug-likeness (QED) is 0.888. The van der Waals surface area contributed by atoms with Crippen LogP contribution in [0.5, 0.6) is 5.75 Å². The van der Waals surface area contributed by atoms with Crippen LogP contribution < -0.4 is 10.5 Å². The molecule has 1 heterocycles. The molecule has 6 heteroatoms. The molecule has 0 fully saturated rings. The molecule has 0 aliphatic heterocycles. The lowest BCUT2D eigenvalue weighted by atomic mass is 10.3. The monoisotopic (exact) mass is 349 g/mol. The highest BCUT2D eigenvalue weighted by Gasteiger charge is 2.15. The van der Waals surface area contributed by atoms with Crippen LogP contribution in [0.1, 0.15) is 11.0 Å². The standard InChI is InChI=1S/C12H10BrClFNOS/c13-8-5-7(15)1-2-9(8)17-10(6-16)11-3-4-12(14)18-11/h1-5,10H,6,16H2. The van der Waals surface area contributed by atoms with Gasteiger partial charge in [-0.1, -0.05) is 11.6 Å². The third-order valence-electron chi connectivity index (χ3n) is 2.29. The summed E-state index contributed by atoms with van der Waals surface area (Å²) in [6, 6.07) is 7.94. The van der Waals surface area contributed by atoms with Crippen molar-refractivity contribution in [1.29, 1.82) is 0 Å². The molecule has 0 aliphatic carbocycles. The summed E-state index contributed by atoms with van der Waals surface area (Å²) in [7, 11) is 0. The average Bonchev–Trinajstić information content (AvgIpc) is 2.75. The molecular formula is C12H10BrClFNOS. The average molecular weight is 351 g/mol. The van der Waals surface area contributed by atoms with Crippen molar-refractivity contribution in [2.24, 2.45) is 5.73 Å². The molecule has 0 spiro atoms. The summed E-state index contributed by atoms with van der Waals surface area (Å²) < 4.78 is 20.0. The fourth-order valence-electron chi connectivity index (χ4n) is 1.45. The van der Waals surface area contributed by atoms with Crippen molar-refractivity contribution in [3.05, 3.63) is 49.8 Å². The number of hydrogen-bond acceptors (Lipinski definition) is 3. The highest BCUT2D eigenvalue weighted by molar-refractivity contribution is 9.10. The van der Waals surface area contributed by atoms with E-state index < -0.39 is 0 Å². The first-order chi connectivity index (χ1) is 8.60. The van der Waals surface area contributed by atoms with Crippen LogP contribution in [0.3, 0.4) is 0 Å². The maximum atomic E-state index is 13.0. The molecule has 0 bridgehead atoms. The number of thiophene rings is 1. The maximum Gasteiger partial charge on any atom is 0.145 e. The van der Waals surface area contributed by atoms with E-state index in [1.54, 1.807) is 12.1 Å². The molecule has 0 saturated carbocycles. The largest absolute Gasteiger partial charge is 0.482 e. The van der Waals surface area contributed by atoms with Crippen molar-refractivity contribution in [1.82, 2.24) is 0 Å². The van der Waals surface area contributed by atoms with Gasteiger partial charge >= 0.3 is 0 Å². The van der Waals surface area contributed by atoms with Crippen molar-refractivity contribution in [3.8, 4) is 5.75 Å². The van der Waals surface area contributed by atoms with E-state index in [1.165, 1.54) is 23.5 Å². The van der Waals surface area contributed by atoms with Crippen LogP contribution in [0.2, 0.25) is 4.34 Å². The molecule has 1 atom stereocenters. The first-order valence-electron chi connectivity index (χ1n) is 5.17. The van der Waals surface area contributed by atoms with Gasteiger partial charge in [-0.05, 0) is 46.3 Å². The second-order valence-corrected chi connectivity index (χ2v) is 6.16. The van der Waals surface area contributed by atoms with Crippen LogP contribution in [0, 0.1) is 5.82 Å². The smallest absolute Gasteiger partial charge is 0.145 e. The Labute approximate surface area is 122 Å². The molecule has 1 unspecified atom stereocenters. The van der Waals surface area contributed by atoms with Crippen molar-refractivity contribution in [2.75, 3.05) is 6.54 Å². The minimum absolute atomic E-state index is 0.288. The zero-order valence-electron chi connectivity index (χ0n) is 9.20. The Morgan fingerprint density at radius 3 is 2.72 bits per heavy atom. The number of rotatable bonds is 4. The van der Waals surface area contributed by atoms with E-state index in [0.29, 0.717) is 21.1 Å². The fraction of sp³-hybridized carbons (Fsp3) is 0.167. The van der Waals surface area contributed by atoms with E-state index in [4.69, 9.17) is 22.1 Å². The van der Waals surface area contributed by atoms with Crippen LogP contribution in [0.15, 0.2) is 34.8 Å². The van der Waals surface area contributed by atoms with E-state index in [2.05, 4.69) is 15.9 Å². The van der Waals surface area contributed by atoms with Gasteiger partial charge in [0, 0.05) is 11.4 Å². The van der Waals surface area contributed by atoms with Crippen LogP contribution >= 0.6 is 38.9 Å². The highest BCUT2D eigenvalue weighted by Crippen LogP contribution is 2.33. The van der Waals surface area contributed by atoms with Gasteiger partial charge in [-0.3, -0.25) is 0 Å². The molecule has 2 nitrogen and oxygen atoms in total. The Bertz CT molecular complexity index is 549. The van der Waals surface area contributed by atoms with Crippen LogP contribution in [-0.4, -0.2) is 6.54 Å². The molecule has 0 aliphatic rings. The van der Waals surface area contributed by atoms with Crippen LogP contribution in [-0.2, 0) is 0 Å². The van der Waals surface area contributed by atoms with Crippen molar-refractivity contribution in [3.63, 3.8) is 0 Å². The summed E-state index contributed by atoms with van der Waals surface area (Å²) in [5.41, 5.74) is 5.69. The fourth-order valence-corrected chi connectivity index (χ4v) is 3.00. The minimum atomic E-state index is -0.322. The number of halogens is 3. The maximum absolute atomic E-state index is 13.0. The summed E-state index contributed by atoms with van der Waals surface area (Å²) in [5, 5.41) is 0. The lowest BCUT2D eigenvalue weighted by Crippen LogP contribution is -2.17. The van der Waals surface area contributed by atoms with E-state index in [9.17, 15) is 4.39 Å². The Hall–Kier alpha value is -0.620. The first kappa shape index (κ1) is 13.8. The molecule has 0 saturated heterocycles. The number of hydrogen-bond donors (Lipinski definition) is 1. The zero-order chi connectivity index (χ0) is 13.1. The van der Waals surface area contributed by atoms with Gasteiger partial charge in [0.2, 0.25) is 0 Å². The summed E-state index contributed by atoms with van der Waals surface area (Å²) >= 11 is 10.6. The van der Waals surface area contributed by atoms with Gasteiger partial charge in [-0.2, -0.15) is 0 Å². The highest BCUT2D eigenvalue weighted by atomic mass is 79.9. The van der Waals surface area contributed by atoms with Crippen LogP contribution in [0.4, 0.5) is 4.39 Å². The summed E-state index contributed by atoms with van der Waals surface area (Å²) in [6.45, 7) is 0.320. The molecule has 1 aromatic heterocycles. The minimum Gasteiger partial charge on any atom is -0.482 e. The molecule has 0 amide bonds. The predicted octanol–water partition coefficient (Wildman–Crippen LogP) is 4.38. The first-order valence-corrected chi connectivity index (χ1v) is 7.16. The normalized spacial score (nSPS) is 12.4. The summed E-state index contributed by atoms with van der Waals surface area (Å²) in [6.07, 6.45) is -0.288. The van der Waals surface area contributed by atoms with Gasteiger partial charge in [0.05, 0.1) is 8.81 Å². The Kier molecular flexibility index (Phi) is 4.61. The number of benzene rings is 1. The topological polar surface area (TPSA) is 35.2 Å². The second kappa shape index (κ2) is 6.02. The van der Waals surface area contributed by atoms with Gasteiger partial charge in [0.1, 0.15) is 17.7 Å². The van der Waals surface area contributed by atoms with Crippen LogP contribution in [0.25, 0.3) is 0 Å². The molecule has 2 N–H and O–H groups in total. The van der Waals surface area contributed by atoms with E-state index in [0.717, 1.165) is 4.88 Å². The number of nitrogens with two attached hydrogens (primary N) is 1. The SMILES string of the molecule is NCC(Oc1ccc(F)cc1Br)c1ccc(Cl)s1. The van der Waals surface area contributed by atoms with Crippen molar-refractivity contribution < 1.29 is 9.13 Å². The summed E-state index contributed by atoms with van der Waals surface area (Å²) in [5.74, 6) is 0.231. The Morgan fingerprint density at radius 1 is 1.39 bits per heavy atom. The van der Waals surface area contributed by atoms with Gasteiger partial charge in [-0.25, -0.2) is 4.39 Å². The molecule has 96 valence electrons. The third kappa shape index (κ3) is 3.23. The number of ether oxygens (including phenoxy) is 1.